The van der Waals surface area contributed by atoms with Crippen LogP contribution < -0.4 is 20.7 Å². The number of aliphatic hydroxyl groups excluding tert-OH is 1. The van der Waals surface area contributed by atoms with Crippen LogP contribution in [0.4, 0.5) is 0 Å². The van der Waals surface area contributed by atoms with Crippen molar-refractivity contribution in [3.8, 4) is 5.75 Å². The second-order valence-corrected chi connectivity index (χ2v) is 7.78. The van der Waals surface area contributed by atoms with Gasteiger partial charge < -0.3 is 25.8 Å². The summed E-state index contributed by atoms with van der Waals surface area (Å²) in [5.74, 6) is 1.31. The number of rotatable bonds is 11. The zero-order chi connectivity index (χ0) is 23.3. The van der Waals surface area contributed by atoms with Crippen LogP contribution >= 0.6 is 0 Å². The summed E-state index contributed by atoms with van der Waals surface area (Å²) in [6.07, 6.45) is 0.324. The monoisotopic (exact) mass is 440 g/mol. The first kappa shape index (κ1) is 25.2. The van der Waals surface area contributed by atoms with Crippen LogP contribution in [0.3, 0.4) is 0 Å². The standard InChI is InChI=1S/C25H36N4O3/c1-5-14-27-24(31)21-9-7-8-19(15-21)16-28-25(26-6-2)29-17-23(30)20-10-12-22(13-11-20)32-18(3)4/h7-13,15,18,23,30H,5-6,14,16-17H2,1-4H3,(H,27,31)(H2,26,28,29). The Morgan fingerprint density at radius 1 is 1.06 bits per heavy atom. The number of nitrogens with zero attached hydrogens (tertiary/aromatic N) is 1. The third-order valence-corrected chi connectivity index (χ3v) is 4.59. The second kappa shape index (κ2) is 13.4. The number of nitrogens with one attached hydrogen (secondary N) is 3. The van der Waals surface area contributed by atoms with Gasteiger partial charge in [0.15, 0.2) is 5.96 Å². The van der Waals surface area contributed by atoms with Gasteiger partial charge in [-0.3, -0.25) is 4.79 Å². The summed E-state index contributed by atoms with van der Waals surface area (Å²) in [5, 5.41) is 19.8. The summed E-state index contributed by atoms with van der Waals surface area (Å²) in [7, 11) is 0. The van der Waals surface area contributed by atoms with Gasteiger partial charge in [0, 0.05) is 25.2 Å². The molecule has 0 radical (unpaired) electrons. The van der Waals surface area contributed by atoms with Gasteiger partial charge in [-0.25, -0.2) is 4.99 Å². The van der Waals surface area contributed by atoms with Crippen molar-refractivity contribution < 1.29 is 14.6 Å². The topological polar surface area (TPSA) is 95.0 Å². The van der Waals surface area contributed by atoms with Crippen molar-refractivity contribution in [2.75, 3.05) is 19.6 Å². The Morgan fingerprint density at radius 2 is 1.81 bits per heavy atom. The molecule has 0 aliphatic carbocycles. The molecular formula is C25H36N4O3. The van der Waals surface area contributed by atoms with E-state index in [2.05, 4.69) is 20.9 Å². The molecule has 0 aliphatic rings. The predicted molar refractivity (Wildman–Crippen MR) is 129 cm³/mol. The van der Waals surface area contributed by atoms with Crippen LogP contribution in [0.2, 0.25) is 0 Å². The molecule has 32 heavy (non-hydrogen) atoms. The molecule has 0 fully saturated rings. The van der Waals surface area contributed by atoms with Gasteiger partial charge in [0.2, 0.25) is 0 Å². The molecule has 0 aromatic heterocycles. The highest BCUT2D eigenvalue weighted by atomic mass is 16.5. The molecule has 4 N–H and O–H groups in total. The molecule has 2 aromatic rings. The summed E-state index contributed by atoms with van der Waals surface area (Å²) in [6.45, 7) is 10.1. The van der Waals surface area contributed by atoms with Crippen LogP contribution in [0, 0.1) is 0 Å². The maximum absolute atomic E-state index is 12.2. The highest BCUT2D eigenvalue weighted by Crippen LogP contribution is 2.18. The van der Waals surface area contributed by atoms with E-state index in [1.165, 1.54) is 0 Å². The number of carbonyl (C=O) groups excluding carboxylic acids is 1. The maximum atomic E-state index is 12.2. The van der Waals surface area contributed by atoms with Crippen LogP contribution in [-0.2, 0) is 6.54 Å². The molecule has 0 spiro atoms. The van der Waals surface area contributed by atoms with Gasteiger partial charge in [0.1, 0.15) is 5.75 Å². The number of carbonyl (C=O) groups is 1. The molecule has 2 rings (SSSR count). The second-order valence-electron chi connectivity index (χ2n) is 7.78. The van der Waals surface area contributed by atoms with Gasteiger partial charge in [-0.15, -0.1) is 0 Å². The van der Waals surface area contributed by atoms with E-state index in [0.717, 1.165) is 23.3 Å². The number of aliphatic hydroxyl groups is 1. The Kier molecular flexibility index (Phi) is 10.5. The maximum Gasteiger partial charge on any atom is 0.251 e. The first-order valence-corrected chi connectivity index (χ1v) is 11.3. The molecular weight excluding hydrogens is 404 g/mol. The largest absolute Gasteiger partial charge is 0.491 e. The molecule has 7 heteroatoms. The Bertz CT molecular complexity index is 866. The Morgan fingerprint density at radius 3 is 2.47 bits per heavy atom. The number of hydrogen-bond donors (Lipinski definition) is 4. The number of aliphatic imine (C=N–C) groups is 1. The quantitative estimate of drug-likeness (QED) is 0.317. The van der Waals surface area contributed by atoms with Gasteiger partial charge in [0.05, 0.1) is 18.8 Å². The van der Waals surface area contributed by atoms with Crippen molar-refractivity contribution in [3.63, 3.8) is 0 Å². The number of ether oxygens (including phenoxy) is 1. The first-order chi connectivity index (χ1) is 15.4. The number of hydrogen-bond acceptors (Lipinski definition) is 4. The summed E-state index contributed by atoms with van der Waals surface area (Å²) in [4.78, 5) is 16.8. The SMILES string of the molecule is CCCNC(=O)c1cccc(CN=C(NCC)NCC(O)c2ccc(OC(C)C)cc2)c1. The van der Waals surface area contributed by atoms with Crippen molar-refractivity contribution in [3.05, 3.63) is 65.2 Å². The minimum Gasteiger partial charge on any atom is -0.491 e. The Balaban J connectivity index is 1.96. The third-order valence-electron chi connectivity index (χ3n) is 4.59. The van der Waals surface area contributed by atoms with E-state index in [4.69, 9.17) is 4.74 Å². The third kappa shape index (κ3) is 8.59. The summed E-state index contributed by atoms with van der Waals surface area (Å²) in [6, 6.07) is 14.9. The zero-order valence-electron chi connectivity index (χ0n) is 19.5. The fourth-order valence-corrected chi connectivity index (χ4v) is 3.02. The lowest BCUT2D eigenvalue weighted by atomic mass is 10.1. The molecule has 0 bridgehead atoms. The fraction of sp³-hybridized carbons (Fsp3) is 0.440. The van der Waals surface area contributed by atoms with Gasteiger partial charge in [-0.2, -0.15) is 0 Å². The van der Waals surface area contributed by atoms with Gasteiger partial charge in [-0.1, -0.05) is 31.2 Å². The van der Waals surface area contributed by atoms with Gasteiger partial charge in [-0.05, 0) is 62.6 Å². The number of amides is 1. The summed E-state index contributed by atoms with van der Waals surface area (Å²) < 4.78 is 5.64. The normalized spacial score (nSPS) is 12.4. The van der Waals surface area contributed by atoms with E-state index < -0.39 is 6.10 Å². The van der Waals surface area contributed by atoms with E-state index in [1.807, 2.05) is 70.2 Å². The van der Waals surface area contributed by atoms with Crippen LogP contribution in [0.25, 0.3) is 0 Å². The van der Waals surface area contributed by atoms with Crippen molar-refractivity contribution >= 4 is 11.9 Å². The Hall–Kier alpha value is -3.06. The lowest BCUT2D eigenvalue weighted by Gasteiger charge is -2.16. The molecule has 1 unspecified atom stereocenters. The van der Waals surface area contributed by atoms with Crippen molar-refractivity contribution in [1.82, 2.24) is 16.0 Å². The molecule has 1 atom stereocenters. The van der Waals surface area contributed by atoms with Crippen LogP contribution in [-0.4, -0.2) is 42.7 Å². The summed E-state index contributed by atoms with van der Waals surface area (Å²) >= 11 is 0. The molecule has 0 saturated heterocycles. The minimum absolute atomic E-state index is 0.0735. The van der Waals surface area contributed by atoms with E-state index in [0.29, 0.717) is 37.7 Å². The van der Waals surface area contributed by atoms with E-state index >= 15 is 0 Å². The van der Waals surface area contributed by atoms with Crippen molar-refractivity contribution in [1.29, 1.82) is 0 Å². The smallest absolute Gasteiger partial charge is 0.251 e. The Labute approximate surface area is 191 Å². The van der Waals surface area contributed by atoms with Gasteiger partial charge in [0.25, 0.3) is 5.91 Å². The minimum atomic E-state index is -0.683. The predicted octanol–water partition coefficient (Wildman–Crippen LogP) is 3.40. The zero-order valence-corrected chi connectivity index (χ0v) is 19.5. The van der Waals surface area contributed by atoms with Crippen molar-refractivity contribution in [2.45, 2.75) is 52.9 Å². The highest BCUT2D eigenvalue weighted by molar-refractivity contribution is 5.94. The molecule has 174 valence electrons. The molecule has 7 nitrogen and oxygen atoms in total. The molecule has 0 aliphatic heterocycles. The van der Waals surface area contributed by atoms with E-state index in [1.54, 1.807) is 6.07 Å². The molecule has 0 saturated carbocycles. The molecule has 0 heterocycles. The summed E-state index contributed by atoms with van der Waals surface area (Å²) in [5.41, 5.74) is 2.37. The number of guanidine groups is 1. The average molecular weight is 441 g/mol. The average Bonchev–Trinajstić information content (AvgIpc) is 2.79. The van der Waals surface area contributed by atoms with E-state index in [-0.39, 0.29) is 12.0 Å². The lowest BCUT2D eigenvalue weighted by Crippen LogP contribution is -2.39. The highest BCUT2D eigenvalue weighted by Gasteiger charge is 2.10. The fourth-order valence-electron chi connectivity index (χ4n) is 3.02. The number of benzene rings is 2. The van der Waals surface area contributed by atoms with Crippen LogP contribution in [0.5, 0.6) is 5.75 Å². The molecule has 1 amide bonds. The lowest BCUT2D eigenvalue weighted by molar-refractivity contribution is 0.0953. The van der Waals surface area contributed by atoms with Crippen molar-refractivity contribution in [2.24, 2.45) is 4.99 Å². The molecule has 2 aromatic carbocycles. The van der Waals surface area contributed by atoms with Crippen LogP contribution in [0.1, 0.15) is 61.7 Å². The first-order valence-electron chi connectivity index (χ1n) is 11.3. The van der Waals surface area contributed by atoms with Crippen LogP contribution in [0.15, 0.2) is 53.5 Å². The van der Waals surface area contributed by atoms with Gasteiger partial charge >= 0.3 is 0 Å². The van der Waals surface area contributed by atoms with E-state index in [9.17, 15) is 9.90 Å².